The van der Waals surface area contributed by atoms with Crippen molar-refractivity contribution in [3.8, 4) is 0 Å². The lowest BCUT2D eigenvalue weighted by Crippen LogP contribution is -2.45. The molecule has 0 spiro atoms. The van der Waals surface area contributed by atoms with Gasteiger partial charge in [0.05, 0.1) is 47.8 Å². The standard InChI is InChI=1S/C26H38ClNO6S/c1-14-7-6-8-18-20(33-18)10-19(15(2)9-17-13-35-22(12-27)28-17)34-23(30)11-21(29)26(4,5)25(32)16(3)24(14)31/h9,13-14,16,18-21,24,29,31H,6-8,10-12H2,1-5H3/b15-9+/t14-,16+,18+,19-,20-,21-,24?/m0/s1. The molecular weight excluding hydrogens is 490 g/mol. The molecule has 9 heteroatoms. The van der Waals surface area contributed by atoms with Gasteiger partial charge in [-0.2, -0.15) is 0 Å². The highest BCUT2D eigenvalue weighted by Crippen LogP contribution is 2.36. The van der Waals surface area contributed by atoms with Gasteiger partial charge in [0.2, 0.25) is 0 Å². The number of epoxide rings is 1. The molecule has 0 amide bonds. The molecule has 3 heterocycles. The van der Waals surface area contributed by atoms with Gasteiger partial charge in [-0.25, -0.2) is 4.98 Å². The maximum Gasteiger partial charge on any atom is 0.309 e. The fourth-order valence-corrected chi connectivity index (χ4v) is 5.64. The number of hydrogen-bond acceptors (Lipinski definition) is 8. The fraction of sp³-hybridized carbons (Fsp3) is 0.731. The Kier molecular flexibility index (Phi) is 9.54. The highest BCUT2D eigenvalue weighted by atomic mass is 35.5. The van der Waals surface area contributed by atoms with Gasteiger partial charge < -0.3 is 19.7 Å². The van der Waals surface area contributed by atoms with Crippen molar-refractivity contribution in [2.45, 2.75) is 103 Å². The molecule has 0 saturated carbocycles. The van der Waals surface area contributed by atoms with Crippen LogP contribution in [0.1, 0.15) is 77.4 Å². The zero-order valence-corrected chi connectivity index (χ0v) is 22.8. The van der Waals surface area contributed by atoms with Crippen LogP contribution in [0.25, 0.3) is 6.08 Å². The number of carbonyl (C=O) groups is 2. The summed E-state index contributed by atoms with van der Waals surface area (Å²) < 4.78 is 11.7. The smallest absolute Gasteiger partial charge is 0.309 e. The highest BCUT2D eigenvalue weighted by Gasteiger charge is 2.44. The molecule has 2 aliphatic rings. The summed E-state index contributed by atoms with van der Waals surface area (Å²) in [6.07, 6.45) is 2.07. The molecule has 0 bridgehead atoms. The number of alkyl halides is 1. The van der Waals surface area contributed by atoms with Crippen molar-refractivity contribution in [3.05, 3.63) is 21.7 Å². The first-order chi connectivity index (χ1) is 16.4. The van der Waals surface area contributed by atoms with Gasteiger partial charge in [-0.1, -0.05) is 34.1 Å². The Balaban J connectivity index is 1.81. The molecule has 1 aromatic rings. The van der Waals surface area contributed by atoms with Crippen LogP contribution < -0.4 is 0 Å². The molecule has 2 aliphatic heterocycles. The van der Waals surface area contributed by atoms with Gasteiger partial charge in [0.1, 0.15) is 16.9 Å². The number of rotatable bonds is 3. The number of thiazole rings is 1. The zero-order chi connectivity index (χ0) is 25.9. The van der Waals surface area contributed by atoms with Crippen molar-refractivity contribution >= 4 is 40.8 Å². The van der Waals surface area contributed by atoms with Gasteiger partial charge in [-0.05, 0) is 37.3 Å². The third-order valence-electron chi connectivity index (χ3n) is 7.46. The minimum atomic E-state index is -1.24. The molecule has 196 valence electrons. The number of cyclic esters (lactones) is 1. The van der Waals surface area contributed by atoms with Crippen LogP contribution in [0, 0.1) is 17.3 Å². The second kappa shape index (κ2) is 11.8. The normalized spacial score (nSPS) is 35.3. The SMILES string of the molecule is C/C(=C\c1csc(CCl)n1)[C@@H]1C[C@@H]2O[C@@H]2CCC[C@H](C)C(O)[C@@H](C)C(=O)C(C)(C)[C@@H](O)CC(=O)O1. The van der Waals surface area contributed by atoms with Gasteiger partial charge in [-0.3, -0.25) is 9.59 Å². The van der Waals surface area contributed by atoms with Crippen molar-refractivity contribution in [2.75, 3.05) is 0 Å². The minimum absolute atomic E-state index is 0.0139. The molecule has 7 atom stereocenters. The Hall–Kier alpha value is -1.32. The second-order valence-electron chi connectivity index (χ2n) is 10.6. The van der Waals surface area contributed by atoms with E-state index in [0.29, 0.717) is 12.3 Å². The minimum Gasteiger partial charge on any atom is -0.458 e. The van der Waals surface area contributed by atoms with Crippen LogP contribution in [0.15, 0.2) is 11.0 Å². The first-order valence-electron chi connectivity index (χ1n) is 12.4. The van der Waals surface area contributed by atoms with Crippen LogP contribution in [0.5, 0.6) is 0 Å². The van der Waals surface area contributed by atoms with Crippen molar-refractivity contribution in [1.82, 2.24) is 4.98 Å². The van der Waals surface area contributed by atoms with Crippen molar-refractivity contribution in [2.24, 2.45) is 17.3 Å². The first kappa shape index (κ1) is 28.3. The van der Waals surface area contributed by atoms with E-state index in [-0.39, 0.29) is 30.3 Å². The number of esters is 1. The van der Waals surface area contributed by atoms with Gasteiger partial charge in [0.25, 0.3) is 0 Å². The largest absolute Gasteiger partial charge is 0.458 e. The molecule has 7 nitrogen and oxygen atoms in total. The van der Waals surface area contributed by atoms with Crippen LogP contribution in [0.3, 0.4) is 0 Å². The Morgan fingerprint density at radius 1 is 1.26 bits per heavy atom. The molecule has 3 rings (SSSR count). The summed E-state index contributed by atoms with van der Waals surface area (Å²) in [7, 11) is 0. The number of aromatic nitrogens is 1. The second-order valence-corrected chi connectivity index (χ2v) is 11.8. The predicted molar refractivity (Wildman–Crippen MR) is 136 cm³/mol. The van der Waals surface area contributed by atoms with E-state index in [1.165, 1.54) is 11.3 Å². The lowest BCUT2D eigenvalue weighted by Gasteiger charge is -2.34. The van der Waals surface area contributed by atoms with Gasteiger partial charge >= 0.3 is 5.97 Å². The number of aliphatic hydroxyl groups is 2. The number of fused-ring (bicyclic) bond motifs is 1. The van der Waals surface area contributed by atoms with Crippen molar-refractivity contribution in [3.63, 3.8) is 0 Å². The average Bonchev–Trinajstić information content (AvgIpc) is 3.38. The number of halogens is 1. The van der Waals surface area contributed by atoms with E-state index < -0.39 is 35.6 Å². The van der Waals surface area contributed by atoms with Crippen LogP contribution >= 0.6 is 22.9 Å². The third-order valence-corrected chi connectivity index (χ3v) is 8.74. The average molecular weight is 528 g/mol. The summed E-state index contributed by atoms with van der Waals surface area (Å²) in [4.78, 5) is 30.5. The monoisotopic (exact) mass is 527 g/mol. The number of Topliss-reactive ketones (excluding diaryl/α,β-unsaturated/α-hetero) is 1. The summed E-state index contributed by atoms with van der Waals surface area (Å²) in [6, 6.07) is 0. The fourth-order valence-electron chi connectivity index (χ4n) is 4.79. The number of ketones is 1. The predicted octanol–water partition coefficient (Wildman–Crippen LogP) is 4.52. The Labute approximate surface area is 216 Å². The first-order valence-corrected chi connectivity index (χ1v) is 13.8. The molecule has 1 aromatic heterocycles. The van der Waals surface area contributed by atoms with Crippen LogP contribution in [-0.2, 0) is 24.9 Å². The molecule has 2 saturated heterocycles. The Morgan fingerprint density at radius 3 is 2.63 bits per heavy atom. The molecule has 2 fully saturated rings. The third kappa shape index (κ3) is 7.13. The van der Waals surface area contributed by atoms with Crippen LogP contribution in [0.4, 0.5) is 0 Å². The molecule has 35 heavy (non-hydrogen) atoms. The molecular formula is C26H38ClNO6S. The molecule has 0 aromatic carbocycles. The highest BCUT2D eigenvalue weighted by molar-refractivity contribution is 7.09. The Bertz CT molecular complexity index is 931. The number of carbonyl (C=O) groups excluding carboxylic acids is 2. The van der Waals surface area contributed by atoms with Gasteiger partial charge in [0.15, 0.2) is 0 Å². The van der Waals surface area contributed by atoms with E-state index in [9.17, 15) is 19.8 Å². The number of ether oxygens (including phenoxy) is 2. The number of nitrogens with zero attached hydrogens (tertiary/aromatic N) is 1. The maximum atomic E-state index is 13.2. The van der Waals surface area contributed by atoms with Gasteiger partial charge in [0, 0.05) is 17.7 Å². The van der Waals surface area contributed by atoms with Crippen LogP contribution in [0.2, 0.25) is 0 Å². The summed E-state index contributed by atoms with van der Waals surface area (Å²) in [5, 5.41) is 24.3. The number of hydrogen-bond donors (Lipinski definition) is 2. The molecule has 1 unspecified atom stereocenters. The molecule has 2 N–H and O–H groups in total. The molecule has 0 radical (unpaired) electrons. The van der Waals surface area contributed by atoms with E-state index in [1.54, 1.807) is 20.8 Å². The van der Waals surface area contributed by atoms with E-state index in [0.717, 1.165) is 35.5 Å². The van der Waals surface area contributed by atoms with Gasteiger partial charge in [-0.15, -0.1) is 22.9 Å². The van der Waals surface area contributed by atoms with E-state index >= 15 is 0 Å². The zero-order valence-electron chi connectivity index (χ0n) is 21.2. The quantitative estimate of drug-likeness (QED) is 0.338. The van der Waals surface area contributed by atoms with Crippen LogP contribution in [-0.4, -0.2) is 57.5 Å². The Morgan fingerprint density at radius 2 is 1.97 bits per heavy atom. The lowest BCUT2D eigenvalue weighted by molar-refractivity contribution is -0.154. The van der Waals surface area contributed by atoms with E-state index in [1.807, 2.05) is 25.3 Å². The molecule has 0 aliphatic carbocycles. The summed E-state index contributed by atoms with van der Waals surface area (Å²) in [5.41, 5.74) is 0.378. The lowest BCUT2D eigenvalue weighted by atomic mass is 9.73. The van der Waals surface area contributed by atoms with E-state index in [4.69, 9.17) is 21.1 Å². The van der Waals surface area contributed by atoms with Crippen molar-refractivity contribution < 1.29 is 29.3 Å². The maximum absolute atomic E-state index is 13.2. The van der Waals surface area contributed by atoms with Crippen molar-refractivity contribution in [1.29, 1.82) is 0 Å². The number of aliphatic hydroxyl groups excluding tert-OH is 2. The topological polar surface area (TPSA) is 109 Å². The summed E-state index contributed by atoms with van der Waals surface area (Å²) in [5.74, 6) is -1.22. The summed E-state index contributed by atoms with van der Waals surface area (Å²) >= 11 is 7.34. The van der Waals surface area contributed by atoms with E-state index in [2.05, 4.69) is 4.98 Å². The summed E-state index contributed by atoms with van der Waals surface area (Å²) in [6.45, 7) is 8.76.